The minimum Gasteiger partial charge on any atom is -0.361 e. The topological polar surface area (TPSA) is 66.0 Å². The second-order valence-electron chi connectivity index (χ2n) is 5.92. The number of hydrogen-bond acceptors (Lipinski definition) is 5. The molecule has 3 heterocycles. The van der Waals surface area contributed by atoms with Gasteiger partial charge in [-0.05, 0) is 30.9 Å². The van der Waals surface area contributed by atoms with Crippen molar-refractivity contribution in [3.63, 3.8) is 0 Å². The Kier molecular flexibility index (Phi) is 3.09. The van der Waals surface area contributed by atoms with E-state index in [1.165, 1.54) is 16.9 Å². The molecule has 0 unspecified atom stereocenters. The highest BCUT2D eigenvalue weighted by molar-refractivity contribution is 7.19. The summed E-state index contributed by atoms with van der Waals surface area (Å²) >= 11 is 1.79. The van der Waals surface area contributed by atoms with Crippen molar-refractivity contribution in [1.29, 1.82) is 0 Å². The number of thiophene rings is 1. The van der Waals surface area contributed by atoms with Gasteiger partial charge in [-0.2, -0.15) is 5.10 Å². The molecule has 0 spiro atoms. The van der Waals surface area contributed by atoms with Gasteiger partial charge in [-0.25, -0.2) is 9.97 Å². The van der Waals surface area contributed by atoms with Crippen LogP contribution in [0.25, 0.3) is 21.1 Å². The molecule has 0 atom stereocenters. The van der Waals surface area contributed by atoms with Gasteiger partial charge in [0.05, 0.1) is 11.6 Å². The van der Waals surface area contributed by atoms with E-state index in [9.17, 15) is 0 Å². The first-order chi connectivity index (χ1) is 11.9. The molecular weight excluding hydrogens is 318 g/mol. The number of hydrogen-bond donors (Lipinski definition) is 2. The van der Waals surface area contributed by atoms with Crippen molar-refractivity contribution in [3.8, 4) is 0 Å². The van der Waals surface area contributed by atoms with E-state index in [1.807, 2.05) is 24.5 Å². The highest BCUT2D eigenvalue weighted by Gasteiger charge is 2.20. The Balaban J connectivity index is 1.49. The summed E-state index contributed by atoms with van der Waals surface area (Å²) in [7, 11) is 0. The molecule has 5 nitrogen and oxygen atoms in total. The average molecular weight is 333 g/mol. The molecule has 4 aromatic rings. The molecule has 1 aromatic carbocycles. The summed E-state index contributed by atoms with van der Waals surface area (Å²) in [4.78, 5) is 14.6. The summed E-state index contributed by atoms with van der Waals surface area (Å²) in [6.07, 6.45) is 8.91. The maximum atomic E-state index is 4.41. The molecule has 3 aromatic heterocycles. The zero-order chi connectivity index (χ0) is 15.9. The standard InChI is InChI=1S/C18H15N5S/c1-2-6-14-12(4-1)11(8-19-14)9-22-23-17-16-13-5-3-7-15(13)24-18(16)21-10-20-17/h1-2,4,6,8-10,19H,3,5,7H2,(H,20,21,23)/b22-9+. The molecule has 0 aliphatic heterocycles. The molecule has 0 radical (unpaired) electrons. The van der Waals surface area contributed by atoms with E-state index in [4.69, 9.17) is 0 Å². The quantitative estimate of drug-likeness (QED) is 0.438. The average Bonchev–Trinajstić information content (AvgIpc) is 3.29. The monoisotopic (exact) mass is 333 g/mol. The summed E-state index contributed by atoms with van der Waals surface area (Å²) in [6.45, 7) is 0. The van der Waals surface area contributed by atoms with Gasteiger partial charge in [-0.15, -0.1) is 11.3 Å². The molecule has 1 aliphatic carbocycles. The van der Waals surface area contributed by atoms with E-state index in [0.717, 1.165) is 45.3 Å². The van der Waals surface area contributed by atoms with E-state index in [1.54, 1.807) is 17.7 Å². The second-order valence-corrected chi connectivity index (χ2v) is 7.00. The number of nitrogens with one attached hydrogen (secondary N) is 2. The minimum atomic E-state index is 0.801. The van der Waals surface area contributed by atoms with Gasteiger partial charge in [0.1, 0.15) is 11.2 Å². The molecule has 0 saturated heterocycles. The van der Waals surface area contributed by atoms with E-state index < -0.39 is 0 Å². The zero-order valence-corrected chi connectivity index (χ0v) is 13.7. The largest absolute Gasteiger partial charge is 0.361 e. The van der Waals surface area contributed by atoms with E-state index in [2.05, 4.69) is 37.6 Å². The normalized spacial score (nSPS) is 14.0. The summed E-state index contributed by atoms with van der Waals surface area (Å²) in [6, 6.07) is 8.20. The first-order valence-corrected chi connectivity index (χ1v) is 8.82. The Labute approximate surface area is 142 Å². The molecule has 0 amide bonds. The summed E-state index contributed by atoms with van der Waals surface area (Å²) < 4.78 is 0. The molecule has 5 rings (SSSR count). The summed E-state index contributed by atoms with van der Waals surface area (Å²) in [5, 5.41) is 6.71. The van der Waals surface area contributed by atoms with Crippen molar-refractivity contribution in [2.45, 2.75) is 19.3 Å². The molecule has 0 saturated carbocycles. The van der Waals surface area contributed by atoms with E-state index in [-0.39, 0.29) is 0 Å². The molecule has 6 heteroatoms. The van der Waals surface area contributed by atoms with Gasteiger partial charge in [-0.1, -0.05) is 18.2 Å². The van der Waals surface area contributed by atoms with Gasteiger partial charge >= 0.3 is 0 Å². The van der Waals surface area contributed by atoms with Crippen molar-refractivity contribution >= 4 is 44.5 Å². The molecule has 1 aliphatic rings. The van der Waals surface area contributed by atoms with Gasteiger partial charge in [0, 0.05) is 27.5 Å². The number of anilines is 1. The number of rotatable bonds is 3. The van der Waals surface area contributed by atoms with Crippen LogP contribution in [-0.2, 0) is 12.8 Å². The van der Waals surface area contributed by atoms with Gasteiger partial charge in [0.2, 0.25) is 0 Å². The summed E-state index contributed by atoms with van der Waals surface area (Å²) in [5.74, 6) is 0.801. The Bertz CT molecular complexity index is 1080. The molecule has 0 fully saturated rings. The SMILES string of the molecule is C(=N\Nc1ncnc2sc3c(c12)CCC3)/c1c[nH]c2ccccc12. The Morgan fingerprint density at radius 1 is 1.21 bits per heavy atom. The third-order valence-electron chi connectivity index (χ3n) is 4.50. The highest BCUT2D eigenvalue weighted by Crippen LogP contribution is 2.38. The van der Waals surface area contributed by atoms with Gasteiger partial charge in [0.15, 0.2) is 5.82 Å². The van der Waals surface area contributed by atoms with Crippen LogP contribution < -0.4 is 5.43 Å². The molecule has 24 heavy (non-hydrogen) atoms. The molecule has 2 N–H and O–H groups in total. The predicted molar refractivity (Wildman–Crippen MR) is 99.0 cm³/mol. The van der Waals surface area contributed by atoms with Crippen LogP contribution in [0.15, 0.2) is 41.9 Å². The minimum absolute atomic E-state index is 0.801. The first kappa shape index (κ1) is 13.7. The number of aryl methyl sites for hydroxylation is 2. The third-order valence-corrected chi connectivity index (χ3v) is 5.70. The number of fused-ring (bicyclic) bond motifs is 4. The number of para-hydroxylation sites is 1. The van der Waals surface area contributed by atoms with Crippen LogP contribution in [0.3, 0.4) is 0 Å². The number of H-pyrrole nitrogens is 1. The molecule has 118 valence electrons. The van der Waals surface area contributed by atoms with Crippen LogP contribution in [-0.4, -0.2) is 21.2 Å². The van der Waals surface area contributed by atoms with Crippen molar-refractivity contribution < 1.29 is 0 Å². The van der Waals surface area contributed by atoms with Crippen molar-refractivity contribution in [2.75, 3.05) is 5.43 Å². The van der Waals surface area contributed by atoms with E-state index >= 15 is 0 Å². The second kappa shape index (κ2) is 5.42. The fraction of sp³-hybridized carbons (Fsp3) is 0.167. The Hall–Kier alpha value is -2.73. The Morgan fingerprint density at radius 3 is 3.17 bits per heavy atom. The number of aromatic amines is 1. The summed E-state index contributed by atoms with van der Waals surface area (Å²) in [5.41, 5.74) is 6.69. The maximum Gasteiger partial charge on any atom is 0.158 e. The van der Waals surface area contributed by atoms with Crippen LogP contribution in [0, 0.1) is 0 Å². The molecular formula is C18H15N5S. The van der Waals surface area contributed by atoms with Crippen molar-refractivity contribution in [2.24, 2.45) is 5.10 Å². The van der Waals surface area contributed by atoms with E-state index in [0.29, 0.717) is 0 Å². The van der Waals surface area contributed by atoms with Crippen LogP contribution in [0.5, 0.6) is 0 Å². The van der Waals surface area contributed by atoms with Crippen molar-refractivity contribution in [3.05, 3.63) is 52.8 Å². The first-order valence-electron chi connectivity index (χ1n) is 8.00. The lowest BCUT2D eigenvalue weighted by atomic mass is 10.2. The fourth-order valence-electron chi connectivity index (χ4n) is 3.38. The molecule has 0 bridgehead atoms. The van der Waals surface area contributed by atoms with Gasteiger partial charge < -0.3 is 4.98 Å². The van der Waals surface area contributed by atoms with Gasteiger partial charge in [0.25, 0.3) is 0 Å². The van der Waals surface area contributed by atoms with Crippen LogP contribution in [0.4, 0.5) is 5.82 Å². The lowest BCUT2D eigenvalue weighted by molar-refractivity contribution is 0.917. The van der Waals surface area contributed by atoms with Crippen molar-refractivity contribution in [1.82, 2.24) is 15.0 Å². The third kappa shape index (κ3) is 2.11. The smallest absolute Gasteiger partial charge is 0.158 e. The zero-order valence-electron chi connectivity index (χ0n) is 12.9. The van der Waals surface area contributed by atoms with Crippen LogP contribution in [0.2, 0.25) is 0 Å². The highest BCUT2D eigenvalue weighted by atomic mass is 32.1. The van der Waals surface area contributed by atoms with Crippen LogP contribution in [0.1, 0.15) is 22.4 Å². The number of nitrogens with zero attached hydrogens (tertiary/aromatic N) is 3. The number of aromatic nitrogens is 3. The lowest BCUT2D eigenvalue weighted by Crippen LogP contribution is -1.95. The van der Waals surface area contributed by atoms with Gasteiger partial charge in [-0.3, -0.25) is 5.43 Å². The fourth-order valence-corrected chi connectivity index (χ4v) is 4.61. The lowest BCUT2D eigenvalue weighted by Gasteiger charge is -2.02. The predicted octanol–water partition coefficient (Wildman–Crippen LogP) is 4.11. The maximum absolute atomic E-state index is 4.41. The van der Waals surface area contributed by atoms with Crippen LogP contribution >= 0.6 is 11.3 Å². The number of benzene rings is 1. The number of hydrazone groups is 1. The Morgan fingerprint density at radius 2 is 2.17 bits per heavy atom.